The van der Waals surface area contributed by atoms with E-state index in [0.717, 1.165) is 39.5 Å². The zero-order valence-corrected chi connectivity index (χ0v) is 37.0. The molecule has 3 N–H and O–H groups in total. The van der Waals surface area contributed by atoms with Crippen molar-refractivity contribution in [1.29, 1.82) is 0 Å². The minimum absolute atomic E-state index is 0. The van der Waals surface area contributed by atoms with Gasteiger partial charge in [0.1, 0.15) is 17.2 Å². The number of nitrogens with two attached hydrogens (primary N) is 1. The number of ether oxygens (including phenoxy) is 2. The number of nitrogens with one attached hydrogen (secondary N) is 1. The summed E-state index contributed by atoms with van der Waals surface area (Å²) in [6.07, 6.45) is 0.327. The third-order valence-corrected chi connectivity index (χ3v) is 6.04. The molecular formula is C32H37Br2FK2N4O9. The number of anilines is 3. The maximum atomic E-state index is 12.6. The molecule has 0 radical (unpaired) electrons. The van der Waals surface area contributed by atoms with E-state index in [0.29, 0.717) is 10.2 Å². The average molecular weight is 879 g/mol. The molecule has 0 aliphatic heterocycles. The Bertz CT molecular complexity index is 1600. The van der Waals surface area contributed by atoms with Gasteiger partial charge in [0.25, 0.3) is 12.2 Å². The fourth-order valence-corrected chi connectivity index (χ4v) is 3.95. The summed E-state index contributed by atoms with van der Waals surface area (Å²) >= 11 is 6.30. The van der Waals surface area contributed by atoms with Crippen molar-refractivity contribution in [1.82, 2.24) is 0 Å². The zero-order chi connectivity index (χ0) is 35.5. The van der Waals surface area contributed by atoms with Crippen LogP contribution in [0.15, 0.2) is 93.9 Å². The van der Waals surface area contributed by atoms with Crippen LogP contribution in [0.3, 0.4) is 0 Å². The molecule has 0 heterocycles. The molecule has 18 heteroatoms. The van der Waals surface area contributed by atoms with Crippen molar-refractivity contribution in [3.8, 4) is 11.5 Å². The molecule has 0 atom stereocenters. The monoisotopic (exact) mass is 876 g/mol. The Morgan fingerprint density at radius 1 is 0.780 bits per heavy atom. The molecule has 4 rings (SSSR count). The number of nitro groups is 2. The zero-order valence-electron chi connectivity index (χ0n) is 28.6. The van der Waals surface area contributed by atoms with Crippen LogP contribution in [0.5, 0.6) is 11.5 Å². The topological polar surface area (TPSA) is 192 Å². The first-order chi connectivity index (χ1) is 22.2. The molecule has 4 aromatic rings. The normalized spacial score (nSPS) is 9.16. The second kappa shape index (κ2) is 29.0. The first kappa shape index (κ1) is 52.8. The molecule has 0 saturated carbocycles. The number of nitrogen functional groups attached to an aromatic ring is 1. The molecule has 0 aromatic heterocycles. The van der Waals surface area contributed by atoms with Crippen molar-refractivity contribution in [2.45, 2.75) is 47.3 Å². The smallest absolute Gasteiger partial charge is 1.00 e. The largest absolute Gasteiger partial charge is 1.00 e. The molecule has 50 heavy (non-hydrogen) atoms. The molecule has 0 saturated heterocycles. The van der Waals surface area contributed by atoms with Crippen LogP contribution >= 0.6 is 31.9 Å². The second-order valence-electron chi connectivity index (χ2n) is 9.52. The third-order valence-electron chi connectivity index (χ3n) is 5.06. The van der Waals surface area contributed by atoms with E-state index in [-0.39, 0.29) is 136 Å². The van der Waals surface area contributed by atoms with E-state index < -0.39 is 21.4 Å². The predicted molar refractivity (Wildman–Crippen MR) is 189 cm³/mol. The van der Waals surface area contributed by atoms with E-state index in [4.69, 9.17) is 25.3 Å². The molecule has 0 fully saturated rings. The first-order valence-electron chi connectivity index (χ1n) is 13.5. The molecule has 0 unspecified atom stereocenters. The van der Waals surface area contributed by atoms with Crippen LogP contribution in [0.25, 0.3) is 0 Å². The fourth-order valence-electron chi connectivity index (χ4n) is 3.26. The van der Waals surface area contributed by atoms with Crippen molar-refractivity contribution in [2.24, 2.45) is 0 Å². The minimum Gasteiger partial charge on any atom is -1.00 e. The van der Waals surface area contributed by atoms with E-state index in [1.54, 1.807) is 12.1 Å². The fraction of sp³-hybridized carbons (Fsp3) is 0.219. The van der Waals surface area contributed by atoms with Gasteiger partial charge in [-0.15, -0.1) is 0 Å². The van der Waals surface area contributed by atoms with E-state index in [2.05, 4.69) is 42.1 Å². The van der Waals surface area contributed by atoms with Gasteiger partial charge in [-0.25, -0.2) is 0 Å². The number of carbonyl (C=O) groups is 1. The quantitative estimate of drug-likeness (QED) is 0.0628. The van der Waals surface area contributed by atoms with Gasteiger partial charge in [-0.2, -0.15) is 4.39 Å². The van der Waals surface area contributed by atoms with Crippen molar-refractivity contribution in [2.75, 3.05) is 11.1 Å². The number of hydrogen-bond acceptors (Lipinski definition) is 11. The van der Waals surface area contributed by atoms with Gasteiger partial charge in [0.05, 0.1) is 22.1 Å². The van der Waals surface area contributed by atoms with Gasteiger partial charge in [0.15, 0.2) is 0 Å². The number of carbonyl (C=O) groups excluding carboxylic acids is 1. The first-order valence-corrected chi connectivity index (χ1v) is 15.1. The third kappa shape index (κ3) is 22.4. The van der Waals surface area contributed by atoms with Gasteiger partial charge in [-0.05, 0) is 100 Å². The van der Waals surface area contributed by atoms with Crippen LogP contribution in [0.1, 0.15) is 36.5 Å². The molecule has 0 spiro atoms. The molecule has 13 nitrogen and oxygen atoms in total. The van der Waals surface area contributed by atoms with Crippen LogP contribution in [0, 0.1) is 26.0 Å². The number of hydrogen-bond donors (Lipinski definition) is 2. The molecule has 0 aliphatic rings. The molecule has 0 bridgehead atoms. The Balaban J connectivity index is -0.000000317. The molecular weight excluding hydrogens is 841 g/mol. The van der Waals surface area contributed by atoms with Crippen LogP contribution in [0.2, 0.25) is 0 Å². The number of nitro benzene ring substituents is 2. The summed E-state index contributed by atoms with van der Waals surface area (Å²) in [5, 5.41) is 32.6. The molecule has 0 aliphatic carbocycles. The van der Waals surface area contributed by atoms with E-state index >= 15 is 0 Å². The summed E-state index contributed by atoms with van der Waals surface area (Å²) < 4.78 is 24.9. The Labute approximate surface area is 393 Å². The standard InChI is InChI=1S/C15H15BrN2O3.C9H13NO.C6H3BrFNO2.CH2O3.CH4.2K.H/c1-10(2)21-13-6-4-12(5-7-13)17-14-9-11(16)3-8-15(14)18(19)20;1-7(2)11-9-5-3-8(10)4-6-9;7-4-1-2-6(9(10)11)5(8)3-4;2-1-4-3;;;;/h3-10,17H,1-2H3;3-7H,10H2,1-2H3;1-3H;1,3H;1H4;;;/q;;;;;2*+1;-1/p-1. The predicted octanol–water partition coefficient (Wildman–Crippen LogP) is 2.63. The van der Waals surface area contributed by atoms with Crippen molar-refractivity contribution >= 4 is 66.8 Å². The Morgan fingerprint density at radius 3 is 1.56 bits per heavy atom. The van der Waals surface area contributed by atoms with E-state index in [9.17, 15) is 24.6 Å². The van der Waals surface area contributed by atoms with Gasteiger partial charge in [0, 0.05) is 32.5 Å². The van der Waals surface area contributed by atoms with Crippen molar-refractivity contribution in [3.05, 3.63) is 120 Å². The van der Waals surface area contributed by atoms with E-state index in [1.165, 1.54) is 12.1 Å². The van der Waals surface area contributed by atoms with E-state index in [1.807, 2.05) is 76.2 Å². The summed E-state index contributed by atoms with van der Waals surface area (Å²) in [5.74, 6) is 0.804. The number of halogens is 3. The van der Waals surface area contributed by atoms with Crippen LogP contribution < -0.4 is 129 Å². The van der Waals surface area contributed by atoms with Gasteiger partial charge < -0.3 is 32.1 Å². The number of rotatable bonds is 9. The number of nitrogens with zero attached hydrogens (tertiary/aromatic N) is 2. The summed E-state index contributed by atoms with van der Waals surface area (Å²) in [5.41, 5.74) is 6.98. The van der Waals surface area contributed by atoms with Gasteiger partial charge in [-0.3, -0.25) is 25.0 Å². The SMILES string of the molecule is C.CC(C)Oc1ccc(N)cc1.CC(C)Oc1ccc(Nc2cc(Br)ccc2[N+](=O)[O-])cc1.O=CO[O-].O=[N+]([O-])c1ccc(Br)cc1F.[H-].[K+].[K+]. The van der Waals surface area contributed by atoms with Gasteiger partial charge >= 0.3 is 108 Å². The average Bonchev–Trinajstić information content (AvgIpc) is 2.99. The van der Waals surface area contributed by atoms with Crippen LogP contribution in [0.4, 0.5) is 32.8 Å². The van der Waals surface area contributed by atoms with Crippen molar-refractivity contribution in [3.63, 3.8) is 0 Å². The summed E-state index contributed by atoms with van der Waals surface area (Å²) in [4.78, 5) is 31.2. The summed E-state index contributed by atoms with van der Waals surface area (Å²) in [6, 6.07) is 23.1. The van der Waals surface area contributed by atoms with Crippen molar-refractivity contribution < 1.29 is 143 Å². The summed E-state index contributed by atoms with van der Waals surface area (Å²) in [6.45, 7) is 7.72. The maximum absolute atomic E-state index is 12.6. The Morgan fingerprint density at radius 2 is 1.18 bits per heavy atom. The minimum atomic E-state index is -0.829. The second-order valence-corrected chi connectivity index (χ2v) is 11.3. The van der Waals surface area contributed by atoms with Crippen LogP contribution in [-0.2, 0) is 9.68 Å². The molecule has 4 aromatic carbocycles. The molecule has 0 amide bonds. The van der Waals surface area contributed by atoms with Crippen LogP contribution in [-0.4, -0.2) is 28.5 Å². The van der Waals surface area contributed by atoms with Gasteiger partial charge in [0.2, 0.25) is 5.82 Å². The molecule has 262 valence electrons. The van der Waals surface area contributed by atoms with Gasteiger partial charge in [-0.1, -0.05) is 39.3 Å². The summed E-state index contributed by atoms with van der Waals surface area (Å²) in [7, 11) is 0. The Hall–Kier alpha value is -1.53. The number of benzene rings is 4. The maximum Gasteiger partial charge on any atom is 1.00 e. The Kier molecular flexibility index (Phi) is 30.6.